The monoisotopic (exact) mass is 275 g/mol. The van der Waals surface area contributed by atoms with Gasteiger partial charge in [-0.05, 0) is 18.6 Å². The van der Waals surface area contributed by atoms with Gasteiger partial charge in [-0.25, -0.2) is 0 Å². The number of nitrogen functional groups attached to an aromatic ring is 1. The first-order valence-electron chi connectivity index (χ1n) is 6.26. The number of nitrogens with zero attached hydrogens (tertiary/aromatic N) is 1. The maximum atomic E-state index is 12.3. The van der Waals surface area contributed by atoms with Crippen LogP contribution in [-0.4, -0.2) is 24.2 Å². The van der Waals surface area contributed by atoms with Crippen molar-refractivity contribution in [3.05, 3.63) is 40.2 Å². The van der Waals surface area contributed by atoms with Gasteiger partial charge >= 0.3 is 0 Å². The third-order valence-corrected chi connectivity index (χ3v) is 3.15. The van der Waals surface area contributed by atoms with Crippen LogP contribution in [0.3, 0.4) is 0 Å². The molecule has 0 saturated carbocycles. The van der Waals surface area contributed by atoms with Crippen molar-refractivity contribution in [3.8, 4) is 0 Å². The number of methoxy groups -OCH3 is 1. The normalized spacial score (nSPS) is 10.8. The molecule has 1 aromatic heterocycles. The molecule has 1 heterocycles. The van der Waals surface area contributed by atoms with Crippen LogP contribution in [0.4, 0.5) is 5.69 Å². The van der Waals surface area contributed by atoms with Crippen LogP contribution in [0.15, 0.2) is 29.2 Å². The fourth-order valence-electron chi connectivity index (χ4n) is 2.20. The Labute approximate surface area is 115 Å². The summed E-state index contributed by atoms with van der Waals surface area (Å²) in [5.41, 5.74) is 11.7. The minimum absolute atomic E-state index is 0.0483. The van der Waals surface area contributed by atoms with Crippen molar-refractivity contribution < 1.29 is 9.53 Å². The lowest BCUT2D eigenvalue weighted by Crippen LogP contribution is -2.25. The predicted molar refractivity (Wildman–Crippen MR) is 77.6 cm³/mol. The van der Waals surface area contributed by atoms with Gasteiger partial charge in [0.05, 0.1) is 10.9 Å². The third kappa shape index (κ3) is 2.50. The minimum Gasteiger partial charge on any atom is -0.398 e. The molecule has 1 amide bonds. The molecular formula is C14H17N3O3. The van der Waals surface area contributed by atoms with Crippen molar-refractivity contribution in [3.63, 3.8) is 0 Å². The van der Waals surface area contributed by atoms with Crippen molar-refractivity contribution in [1.29, 1.82) is 0 Å². The lowest BCUT2D eigenvalue weighted by Gasteiger charge is -2.13. The molecule has 0 aliphatic carbocycles. The summed E-state index contributed by atoms with van der Waals surface area (Å²) in [6.45, 7) is 1.19. The fraction of sp³-hybridized carbons (Fsp3) is 0.286. The summed E-state index contributed by atoms with van der Waals surface area (Å²) in [7, 11) is 1.62. The molecule has 0 atom stereocenters. The zero-order valence-electron chi connectivity index (χ0n) is 11.3. The first-order chi connectivity index (χ1) is 9.56. The molecule has 0 radical (unpaired) electrons. The molecule has 2 rings (SSSR count). The van der Waals surface area contributed by atoms with E-state index in [0.717, 1.165) is 6.42 Å². The molecule has 6 heteroatoms. The van der Waals surface area contributed by atoms with E-state index in [4.69, 9.17) is 16.2 Å². The number of aromatic nitrogens is 1. The van der Waals surface area contributed by atoms with Crippen molar-refractivity contribution >= 4 is 22.5 Å². The molecule has 20 heavy (non-hydrogen) atoms. The van der Waals surface area contributed by atoms with Crippen LogP contribution in [0.25, 0.3) is 10.9 Å². The number of hydrogen-bond acceptors (Lipinski definition) is 4. The second-order valence-corrected chi connectivity index (χ2v) is 4.52. The fourth-order valence-corrected chi connectivity index (χ4v) is 2.20. The summed E-state index contributed by atoms with van der Waals surface area (Å²) < 4.78 is 6.82. The molecule has 2 aromatic rings. The van der Waals surface area contributed by atoms with Crippen LogP contribution in [0, 0.1) is 0 Å². The Morgan fingerprint density at radius 2 is 2.15 bits per heavy atom. The van der Waals surface area contributed by atoms with Gasteiger partial charge in [0, 0.05) is 32.1 Å². The highest BCUT2D eigenvalue weighted by molar-refractivity contribution is 5.99. The molecule has 0 unspecified atom stereocenters. The number of carbonyl (C=O) groups excluding carboxylic acids is 1. The summed E-state index contributed by atoms with van der Waals surface area (Å²) >= 11 is 0. The highest BCUT2D eigenvalue weighted by atomic mass is 16.5. The number of primary amides is 1. The quantitative estimate of drug-likeness (QED) is 0.620. The number of rotatable bonds is 5. The van der Waals surface area contributed by atoms with Gasteiger partial charge in [0.2, 0.25) is 5.43 Å². The van der Waals surface area contributed by atoms with E-state index >= 15 is 0 Å². The summed E-state index contributed by atoms with van der Waals surface area (Å²) in [5.74, 6) is -0.749. The number of anilines is 1. The van der Waals surface area contributed by atoms with Gasteiger partial charge < -0.3 is 20.8 Å². The SMILES string of the molecule is COCCCn1cc(C(N)=O)c(=O)c2c(N)cccc21. The van der Waals surface area contributed by atoms with E-state index in [2.05, 4.69) is 0 Å². The first-order valence-corrected chi connectivity index (χ1v) is 6.26. The van der Waals surface area contributed by atoms with Crippen LogP contribution >= 0.6 is 0 Å². The minimum atomic E-state index is -0.749. The van der Waals surface area contributed by atoms with Gasteiger partial charge in [-0.15, -0.1) is 0 Å². The number of carbonyl (C=O) groups is 1. The number of pyridine rings is 1. The second kappa shape index (κ2) is 5.75. The van der Waals surface area contributed by atoms with Crippen LogP contribution < -0.4 is 16.9 Å². The largest absolute Gasteiger partial charge is 0.398 e. The molecule has 0 saturated heterocycles. The number of ether oxygens (including phenoxy) is 1. The van der Waals surface area contributed by atoms with Gasteiger partial charge in [0.1, 0.15) is 5.56 Å². The third-order valence-electron chi connectivity index (χ3n) is 3.15. The van der Waals surface area contributed by atoms with E-state index in [9.17, 15) is 9.59 Å². The van der Waals surface area contributed by atoms with E-state index < -0.39 is 11.3 Å². The van der Waals surface area contributed by atoms with Gasteiger partial charge in [-0.1, -0.05) is 6.07 Å². The van der Waals surface area contributed by atoms with Crippen LogP contribution in [-0.2, 0) is 11.3 Å². The summed E-state index contributed by atoms with van der Waals surface area (Å²) in [4.78, 5) is 23.7. The Bertz CT molecular complexity index is 707. The van der Waals surface area contributed by atoms with Crippen molar-refractivity contribution in [1.82, 2.24) is 4.57 Å². The van der Waals surface area contributed by atoms with E-state index in [0.29, 0.717) is 29.7 Å². The molecule has 0 fully saturated rings. The van der Waals surface area contributed by atoms with E-state index in [1.165, 1.54) is 6.20 Å². The Hall–Kier alpha value is -2.34. The summed E-state index contributed by atoms with van der Waals surface area (Å²) in [6, 6.07) is 5.20. The van der Waals surface area contributed by atoms with E-state index in [-0.39, 0.29) is 5.56 Å². The van der Waals surface area contributed by atoms with Crippen LogP contribution in [0.5, 0.6) is 0 Å². The molecule has 106 valence electrons. The molecule has 6 nitrogen and oxygen atoms in total. The lowest BCUT2D eigenvalue weighted by molar-refractivity contribution is 0.0998. The van der Waals surface area contributed by atoms with E-state index in [1.54, 1.807) is 25.3 Å². The molecule has 0 bridgehead atoms. The molecule has 1 aromatic carbocycles. The van der Waals surface area contributed by atoms with Crippen molar-refractivity contribution in [2.75, 3.05) is 19.5 Å². The number of fused-ring (bicyclic) bond motifs is 1. The molecule has 0 aliphatic rings. The number of amides is 1. The Balaban J connectivity index is 2.67. The topological polar surface area (TPSA) is 100 Å². The van der Waals surface area contributed by atoms with Gasteiger partial charge in [-0.3, -0.25) is 9.59 Å². The predicted octanol–water partition coefficient (Wildman–Crippen LogP) is 0.719. The molecule has 4 N–H and O–H groups in total. The molecule has 0 aliphatic heterocycles. The second-order valence-electron chi connectivity index (χ2n) is 4.52. The number of hydrogen-bond donors (Lipinski definition) is 2. The lowest BCUT2D eigenvalue weighted by atomic mass is 10.1. The number of nitrogens with two attached hydrogens (primary N) is 2. The van der Waals surface area contributed by atoms with E-state index in [1.807, 2.05) is 4.57 Å². The van der Waals surface area contributed by atoms with Crippen molar-refractivity contribution in [2.24, 2.45) is 5.73 Å². The maximum Gasteiger partial charge on any atom is 0.254 e. The Morgan fingerprint density at radius 1 is 1.40 bits per heavy atom. The molecule has 0 spiro atoms. The average molecular weight is 275 g/mol. The number of aryl methyl sites for hydroxylation is 1. The maximum absolute atomic E-state index is 12.3. The summed E-state index contributed by atoms with van der Waals surface area (Å²) in [5, 5.41) is 0.334. The van der Waals surface area contributed by atoms with Gasteiger partial charge in [-0.2, -0.15) is 0 Å². The first kappa shape index (κ1) is 14.1. The highest BCUT2D eigenvalue weighted by Gasteiger charge is 2.14. The standard InChI is InChI=1S/C14H17N3O3/c1-20-7-3-6-17-8-9(14(16)19)13(18)12-10(15)4-2-5-11(12)17/h2,4-5,8H,3,6-7,15H2,1H3,(H2,16,19). The zero-order valence-corrected chi connectivity index (χ0v) is 11.3. The van der Waals surface area contributed by atoms with Crippen LogP contribution in [0.1, 0.15) is 16.8 Å². The van der Waals surface area contributed by atoms with Crippen molar-refractivity contribution in [2.45, 2.75) is 13.0 Å². The van der Waals surface area contributed by atoms with Gasteiger partial charge in [0.15, 0.2) is 0 Å². The Morgan fingerprint density at radius 3 is 2.80 bits per heavy atom. The smallest absolute Gasteiger partial charge is 0.254 e. The molecular weight excluding hydrogens is 258 g/mol. The highest BCUT2D eigenvalue weighted by Crippen LogP contribution is 2.18. The number of benzene rings is 1. The Kier molecular flexibility index (Phi) is 4.05. The summed E-state index contributed by atoms with van der Waals surface area (Å²) in [6.07, 6.45) is 2.24. The average Bonchev–Trinajstić information content (AvgIpc) is 2.41. The zero-order chi connectivity index (χ0) is 14.7. The van der Waals surface area contributed by atoms with Crippen LogP contribution in [0.2, 0.25) is 0 Å². The van der Waals surface area contributed by atoms with Gasteiger partial charge in [0.25, 0.3) is 5.91 Å².